The number of sulfonamides is 1. The Bertz CT molecular complexity index is 617. The highest BCUT2D eigenvalue weighted by Crippen LogP contribution is 2.22. The number of hydrogen-bond acceptors (Lipinski definition) is 4. The van der Waals surface area contributed by atoms with Gasteiger partial charge in [0.15, 0.2) is 0 Å². The summed E-state index contributed by atoms with van der Waals surface area (Å²) in [5.41, 5.74) is 0.244. The van der Waals surface area contributed by atoms with Crippen molar-refractivity contribution in [2.75, 3.05) is 39.3 Å². The average molecular weight is 327 g/mol. The maximum absolute atomic E-state index is 13.7. The van der Waals surface area contributed by atoms with Gasteiger partial charge in [0.05, 0.1) is 5.75 Å². The number of rotatable bonds is 4. The Balaban J connectivity index is 1.65. The summed E-state index contributed by atoms with van der Waals surface area (Å²) in [6, 6.07) is 6.37. The van der Waals surface area contributed by atoms with E-state index in [-0.39, 0.29) is 17.4 Å². The molecule has 0 aromatic heterocycles. The molecule has 1 aromatic rings. The lowest BCUT2D eigenvalue weighted by Gasteiger charge is -2.32. The van der Waals surface area contributed by atoms with Crippen molar-refractivity contribution in [1.82, 2.24) is 14.5 Å². The first-order valence-electron chi connectivity index (χ1n) is 7.72. The van der Waals surface area contributed by atoms with Crippen molar-refractivity contribution in [3.63, 3.8) is 0 Å². The van der Waals surface area contributed by atoms with Gasteiger partial charge in [0, 0.05) is 50.9 Å². The van der Waals surface area contributed by atoms with Gasteiger partial charge < -0.3 is 5.32 Å². The van der Waals surface area contributed by atoms with Crippen LogP contribution in [0.3, 0.4) is 0 Å². The second-order valence-electron chi connectivity index (χ2n) is 5.93. The van der Waals surface area contributed by atoms with Crippen LogP contribution in [0.1, 0.15) is 12.0 Å². The van der Waals surface area contributed by atoms with Gasteiger partial charge in [0.1, 0.15) is 5.82 Å². The van der Waals surface area contributed by atoms with Gasteiger partial charge in [-0.05, 0) is 12.5 Å². The summed E-state index contributed by atoms with van der Waals surface area (Å²) in [5.74, 6) is -0.711. The van der Waals surface area contributed by atoms with Crippen molar-refractivity contribution >= 4 is 10.0 Å². The fourth-order valence-electron chi connectivity index (χ4n) is 3.21. The second kappa shape index (κ2) is 6.62. The molecule has 2 saturated heterocycles. The summed E-state index contributed by atoms with van der Waals surface area (Å²) in [7, 11) is -3.46. The van der Waals surface area contributed by atoms with Crippen LogP contribution < -0.4 is 5.32 Å². The minimum atomic E-state index is -3.46. The van der Waals surface area contributed by atoms with Crippen molar-refractivity contribution in [2.45, 2.75) is 18.2 Å². The van der Waals surface area contributed by atoms with Crippen LogP contribution in [-0.2, 0) is 15.8 Å². The molecule has 1 N–H and O–H groups in total. The summed E-state index contributed by atoms with van der Waals surface area (Å²) >= 11 is 0. The molecule has 22 heavy (non-hydrogen) atoms. The minimum absolute atomic E-state index is 0.244. The van der Waals surface area contributed by atoms with Crippen LogP contribution in [-0.4, -0.2) is 62.9 Å². The van der Waals surface area contributed by atoms with E-state index in [1.54, 1.807) is 12.1 Å². The molecule has 3 rings (SSSR count). The predicted molar refractivity (Wildman–Crippen MR) is 83.4 cm³/mol. The number of hydrogen-bond donors (Lipinski definition) is 1. The summed E-state index contributed by atoms with van der Waals surface area (Å²) in [5, 5.41) is 3.30. The lowest BCUT2D eigenvalue weighted by atomic mass is 10.2. The van der Waals surface area contributed by atoms with E-state index < -0.39 is 15.8 Å². The third kappa shape index (κ3) is 3.48. The average Bonchev–Trinajstić information content (AvgIpc) is 3.01. The lowest BCUT2D eigenvalue weighted by Crippen LogP contribution is -2.49. The van der Waals surface area contributed by atoms with E-state index in [1.165, 1.54) is 16.4 Å². The molecule has 2 aliphatic rings. The van der Waals surface area contributed by atoms with E-state index in [2.05, 4.69) is 10.2 Å². The summed E-state index contributed by atoms with van der Waals surface area (Å²) in [6.45, 7) is 4.90. The molecule has 2 aliphatic heterocycles. The van der Waals surface area contributed by atoms with Crippen molar-refractivity contribution in [3.8, 4) is 0 Å². The van der Waals surface area contributed by atoms with Gasteiger partial charge in [0.25, 0.3) is 0 Å². The first kappa shape index (κ1) is 15.9. The monoisotopic (exact) mass is 327 g/mol. The van der Waals surface area contributed by atoms with Crippen LogP contribution in [0.15, 0.2) is 24.3 Å². The Kier molecular flexibility index (Phi) is 4.77. The lowest BCUT2D eigenvalue weighted by molar-refractivity contribution is 0.179. The van der Waals surface area contributed by atoms with E-state index in [4.69, 9.17) is 0 Å². The van der Waals surface area contributed by atoms with E-state index >= 15 is 0 Å². The van der Waals surface area contributed by atoms with Crippen LogP contribution in [0.25, 0.3) is 0 Å². The molecule has 1 atom stereocenters. The highest BCUT2D eigenvalue weighted by atomic mass is 32.2. The van der Waals surface area contributed by atoms with Crippen LogP contribution in [0.4, 0.5) is 4.39 Å². The smallest absolute Gasteiger partial charge is 0.218 e. The fraction of sp³-hybridized carbons (Fsp3) is 0.600. The first-order valence-corrected chi connectivity index (χ1v) is 9.33. The Morgan fingerprint density at radius 2 is 1.91 bits per heavy atom. The molecule has 0 radical (unpaired) electrons. The van der Waals surface area contributed by atoms with Gasteiger partial charge in [-0.2, -0.15) is 0 Å². The molecular weight excluding hydrogens is 305 g/mol. The summed E-state index contributed by atoms with van der Waals surface area (Å²) in [6.07, 6.45) is 0.858. The van der Waals surface area contributed by atoms with E-state index in [9.17, 15) is 12.8 Å². The number of benzene rings is 1. The van der Waals surface area contributed by atoms with E-state index in [0.717, 1.165) is 32.6 Å². The molecule has 2 heterocycles. The molecule has 0 saturated carbocycles. The van der Waals surface area contributed by atoms with Crippen LogP contribution in [0, 0.1) is 5.82 Å². The number of halogens is 1. The van der Waals surface area contributed by atoms with Gasteiger partial charge in [-0.3, -0.25) is 4.90 Å². The Morgan fingerprint density at radius 3 is 2.64 bits per heavy atom. The summed E-state index contributed by atoms with van der Waals surface area (Å²) < 4.78 is 40.2. The topological polar surface area (TPSA) is 52.7 Å². The van der Waals surface area contributed by atoms with Crippen LogP contribution in [0.2, 0.25) is 0 Å². The van der Waals surface area contributed by atoms with Gasteiger partial charge >= 0.3 is 0 Å². The van der Waals surface area contributed by atoms with E-state index in [0.29, 0.717) is 13.1 Å². The largest absolute Gasteiger partial charge is 0.314 e. The maximum Gasteiger partial charge on any atom is 0.218 e. The van der Waals surface area contributed by atoms with Crippen molar-refractivity contribution in [3.05, 3.63) is 35.6 Å². The third-order valence-corrected chi connectivity index (χ3v) is 6.28. The molecule has 1 aromatic carbocycles. The van der Waals surface area contributed by atoms with Crippen molar-refractivity contribution in [2.24, 2.45) is 0 Å². The van der Waals surface area contributed by atoms with Crippen LogP contribution >= 0.6 is 0 Å². The Labute approximate surface area is 131 Å². The standard InChI is InChI=1S/C15H22FN3O2S/c16-15-4-2-1-3-13(15)12-22(20,21)19-8-5-14(11-19)18-9-6-17-7-10-18/h1-4,14,17H,5-12H2. The molecule has 1 unspecified atom stereocenters. The highest BCUT2D eigenvalue weighted by molar-refractivity contribution is 7.88. The summed E-state index contributed by atoms with van der Waals surface area (Å²) in [4.78, 5) is 2.36. The molecule has 2 fully saturated rings. The van der Waals surface area contributed by atoms with Crippen molar-refractivity contribution < 1.29 is 12.8 Å². The molecule has 122 valence electrons. The Morgan fingerprint density at radius 1 is 1.18 bits per heavy atom. The molecule has 7 heteroatoms. The molecule has 5 nitrogen and oxygen atoms in total. The highest BCUT2D eigenvalue weighted by Gasteiger charge is 2.34. The zero-order chi connectivity index (χ0) is 15.6. The number of piperazine rings is 1. The normalized spacial score (nSPS) is 24.7. The molecule has 0 aliphatic carbocycles. The molecular formula is C15H22FN3O2S. The second-order valence-corrected chi connectivity index (χ2v) is 7.90. The Hall–Kier alpha value is -1.02. The quantitative estimate of drug-likeness (QED) is 0.882. The van der Waals surface area contributed by atoms with Crippen LogP contribution in [0.5, 0.6) is 0 Å². The first-order chi connectivity index (χ1) is 10.6. The molecule has 0 amide bonds. The van der Waals surface area contributed by atoms with Gasteiger partial charge in [-0.15, -0.1) is 0 Å². The fourth-order valence-corrected chi connectivity index (χ4v) is 4.80. The van der Waals surface area contributed by atoms with E-state index in [1.807, 2.05) is 0 Å². The number of nitrogens with zero attached hydrogens (tertiary/aromatic N) is 2. The number of nitrogens with one attached hydrogen (secondary N) is 1. The van der Waals surface area contributed by atoms with Gasteiger partial charge in [-0.1, -0.05) is 18.2 Å². The zero-order valence-corrected chi connectivity index (χ0v) is 13.4. The maximum atomic E-state index is 13.7. The molecule has 0 spiro atoms. The third-order valence-electron chi connectivity index (χ3n) is 4.48. The minimum Gasteiger partial charge on any atom is -0.314 e. The van der Waals surface area contributed by atoms with Gasteiger partial charge in [-0.25, -0.2) is 17.1 Å². The molecule has 0 bridgehead atoms. The SMILES string of the molecule is O=S(=O)(Cc1ccccc1F)N1CCC(N2CCNCC2)C1. The van der Waals surface area contributed by atoms with Gasteiger partial charge in [0.2, 0.25) is 10.0 Å². The zero-order valence-electron chi connectivity index (χ0n) is 12.5. The predicted octanol–water partition coefficient (Wildman–Crippen LogP) is 0.635. The van der Waals surface area contributed by atoms with Crippen molar-refractivity contribution in [1.29, 1.82) is 0 Å².